The summed E-state index contributed by atoms with van der Waals surface area (Å²) < 4.78 is 22.3. The van der Waals surface area contributed by atoms with Crippen LogP contribution < -0.4 is 10.2 Å². The van der Waals surface area contributed by atoms with Gasteiger partial charge >= 0.3 is 5.97 Å². The van der Waals surface area contributed by atoms with Crippen LogP contribution in [0.1, 0.15) is 5.56 Å². The first kappa shape index (κ1) is 28.6. The molecule has 3 aromatic carbocycles. The third-order valence-electron chi connectivity index (χ3n) is 6.55. The molecule has 5 rings (SSSR count). The summed E-state index contributed by atoms with van der Waals surface area (Å²) in [7, 11) is 0. The number of aromatic hydroxyl groups is 3. The van der Waals surface area contributed by atoms with Gasteiger partial charge in [-0.05, 0) is 35.9 Å². The number of phenolic OH excluding ortho intramolecular Hbond substituents is 3. The topological polar surface area (TPSA) is 196 Å². The van der Waals surface area contributed by atoms with Crippen molar-refractivity contribution in [3.63, 3.8) is 0 Å². The van der Waals surface area contributed by atoms with Crippen LogP contribution >= 0.6 is 0 Å². The van der Waals surface area contributed by atoms with Gasteiger partial charge in [0.1, 0.15) is 59.2 Å². The van der Waals surface area contributed by atoms with Crippen molar-refractivity contribution in [1.29, 1.82) is 0 Å². The van der Waals surface area contributed by atoms with Gasteiger partial charge in [0.05, 0.1) is 0 Å². The smallest absolute Gasteiger partial charge is 0.330 e. The van der Waals surface area contributed by atoms with Gasteiger partial charge in [0.2, 0.25) is 17.5 Å². The van der Waals surface area contributed by atoms with E-state index < -0.39 is 60.2 Å². The van der Waals surface area contributed by atoms with Gasteiger partial charge in [-0.2, -0.15) is 0 Å². The Hall–Kier alpha value is -4.88. The van der Waals surface area contributed by atoms with E-state index >= 15 is 0 Å². The molecule has 12 heteroatoms. The fourth-order valence-electron chi connectivity index (χ4n) is 4.39. The Morgan fingerprint density at radius 3 is 2.31 bits per heavy atom. The summed E-state index contributed by atoms with van der Waals surface area (Å²) >= 11 is 0. The molecular formula is C30H26O12. The van der Waals surface area contributed by atoms with Crippen LogP contribution in [-0.2, 0) is 14.3 Å². The van der Waals surface area contributed by atoms with E-state index in [0.29, 0.717) is 0 Å². The number of phenols is 3. The van der Waals surface area contributed by atoms with Gasteiger partial charge in [-0.3, -0.25) is 4.79 Å². The summed E-state index contributed by atoms with van der Waals surface area (Å²) in [5.74, 6) is -2.62. The molecule has 0 amide bonds. The Morgan fingerprint density at radius 1 is 0.881 bits per heavy atom. The standard InChI is InChI=1S/C30H26O12/c31-17-9-7-16(8-10-17)28-29(25(36)23-19(33)12-18(32)13-20(23)40-28)42-30-27(38)26(37)24(35)21(41-30)14-39-22(34)11-6-15-4-2-1-3-5-15/h1-13,21,24,26-27,30-33,35,37-38H,14H2/t21-,24-,26+,27-,30+/m0/s1. The number of benzene rings is 3. The van der Waals surface area contributed by atoms with E-state index in [9.17, 15) is 40.2 Å². The molecule has 218 valence electrons. The summed E-state index contributed by atoms with van der Waals surface area (Å²) in [4.78, 5) is 25.8. The van der Waals surface area contributed by atoms with E-state index in [1.165, 1.54) is 30.3 Å². The molecule has 0 spiro atoms. The van der Waals surface area contributed by atoms with Crippen molar-refractivity contribution >= 4 is 23.0 Å². The molecule has 1 fully saturated rings. The van der Waals surface area contributed by atoms with Gasteiger partial charge in [0, 0.05) is 23.8 Å². The average Bonchev–Trinajstić information content (AvgIpc) is 2.97. The first-order chi connectivity index (χ1) is 20.1. The fourth-order valence-corrected chi connectivity index (χ4v) is 4.39. The van der Waals surface area contributed by atoms with Gasteiger partial charge < -0.3 is 49.3 Å². The summed E-state index contributed by atoms with van der Waals surface area (Å²) in [5.41, 5.74) is -0.134. The number of carbonyl (C=O) groups is 1. The molecule has 1 aliphatic heterocycles. The lowest BCUT2D eigenvalue weighted by Gasteiger charge is -2.39. The predicted molar refractivity (Wildman–Crippen MR) is 147 cm³/mol. The van der Waals surface area contributed by atoms with Crippen molar-refractivity contribution in [3.8, 4) is 34.3 Å². The number of aliphatic hydroxyl groups excluding tert-OH is 3. The quantitative estimate of drug-likeness (QED) is 0.138. The van der Waals surface area contributed by atoms with Crippen LogP contribution in [0.5, 0.6) is 23.0 Å². The normalized spacial score (nSPS) is 22.3. The molecule has 12 nitrogen and oxygen atoms in total. The highest BCUT2D eigenvalue weighted by Crippen LogP contribution is 2.37. The molecule has 0 saturated carbocycles. The van der Waals surface area contributed by atoms with E-state index in [1.807, 2.05) is 6.07 Å². The number of carbonyl (C=O) groups excluding carboxylic acids is 1. The fraction of sp³-hybridized carbons (Fsp3) is 0.200. The SMILES string of the molecule is O=C(C=Cc1ccccc1)OC[C@@H]1O[C@H](Oc2c(-c3ccc(O)cc3)oc3cc(O)cc(O)c3c2=O)[C@@H](O)[C@H](O)[C@H]1O. The number of hydrogen-bond donors (Lipinski definition) is 6. The summed E-state index contributed by atoms with van der Waals surface area (Å²) in [6, 6.07) is 16.4. The van der Waals surface area contributed by atoms with Crippen LogP contribution in [0.3, 0.4) is 0 Å². The number of rotatable bonds is 7. The average molecular weight is 579 g/mol. The van der Waals surface area contributed by atoms with Crippen LogP contribution in [0.4, 0.5) is 0 Å². The molecule has 1 aromatic heterocycles. The molecule has 42 heavy (non-hydrogen) atoms. The van der Waals surface area contributed by atoms with Gasteiger partial charge in [0.15, 0.2) is 5.76 Å². The zero-order valence-electron chi connectivity index (χ0n) is 21.7. The van der Waals surface area contributed by atoms with E-state index in [-0.39, 0.29) is 33.8 Å². The molecule has 5 atom stereocenters. The summed E-state index contributed by atoms with van der Waals surface area (Å²) in [6.07, 6.45) is -5.87. The van der Waals surface area contributed by atoms with Crippen LogP contribution in [0.2, 0.25) is 0 Å². The molecule has 0 bridgehead atoms. The molecule has 0 unspecified atom stereocenters. The molecule has 2 heterocycles. The maximum atomic E-state index is 13.5. The minimum absolute atomic E-state index is 0.0845. The lowest BCUT2D eigenvalue weighted by Crippen LogP contribution is -2.60. The second kappa shape index (κ2) is 11.9. The first-order valence-electron chi connectivity index (χ1n) is 12.7. The van der Waals surface area contributed by atoms with Gasteiger partial charge in [0.25, 0.3) is 0 Å². The Balaban J connectivity index is 1.43. The number of ether oxygens (including phenoxy) is 3. The van der Waals surface area contributed by atoms with E-state index in [2.05, 4.69) is 0 Å². The van der Waals surface area contributed by atoms with Crippen LogP contribution in [-0.4, -0.2) is 73.9 Å². The molecule has 0 radical (unpaired) electrons. The van der Waals surface area contributed by atoms with Crippen molar-refractivity contribution < 1.29 is 54.1 Å². The number of fused-ring (bicyclic) bond motifs is 1. The molecular weight excluding hydrogens is 552 g/mol. The Labute approximate surface area is 237 Å². The monoisotopic (exact) mass is 578 g/mol. The minimum atomic E-state index is -1.87. The number of esters is 1. The predicted octanol–water partition coefficient (Wildman–Crippen LogP) is 2.02. The van der Waals surface area contributed by atoms with Crippen molar-refractivity contribution in [3.05, 3.63) is 88.6 Å². The van der Waals surface area contributed by atoms with Crippen molar-refractivity contribution in [1.82, 2.24) is 0 Å². The van der Waals surface area contributed by atoms with Crippen molar-refractivity contribution in [2.75, 3.05) is 6.61 Å². The maximum absolute atomic E-state index is 13.5. The Bertz CT molecular complexity index is 1660. The second-order valence-corrected chi connectivity index (χ2v) is 9.48. The molecule has 1 saturated heterocycles. The Morgan fingerprint density at radius 2 is 1.60 bits per heavy atom. The second-order valence-electron chi connectivity index (χ2n) is 9.48. The van der Waals surface area contributed by atoms with Crippen LogP contribution in [0.15, 0.2) is 82.0 Å². The first-order valence-corrected chi connectivity index (χ1v) is 12.7. The summed E-state index contributed by atoms with van der Waals surface area (Å²) in [5, 5.41) is 61.2. The highest BCUT2D eigenvalue weighted by molar-refractivity contribution is 5.88. The van der Waals surface area contributed by atoms with Crippen molar-refractivity contribution in [2.45, 2.75) is 30.7 Å². The maximum Gasteiger partial charge on any atom is 0.330 e. The summed E-state index contributed by atoms with van der Waals surface area (Å²) in [6.45, 7) is -0.542. The Kier molecular flexibility index (Phi) is 8.13. The van der Waals surface area contributed by atoms with E-state index in [1.54, 1.807) is 24.3 Å². The zero-order valence-corrected chi connectivity index (χ0v) is 21.7. The third-order valence-corrected chi connectivity index (χ3v) is 6.55. The largest absolute Gasteiger partial charge is 0.508 e. The molecule has 0 aliphatic carbocycles. The molecule has 4 aromatic rings. The van der Waals surface area contributed by atoms with Gasteiger partial charge in [-0.15, -0.1) is 0 Å². The zero-order chi connectivity index (χ0) is 30.0. The highest BCUT2D eigenvalue weighted by Gasteiger charge is 2.46. The van der Waals surface area contributed by atoms with Gasteiger partial charge in [-0.25, -0.2) is 4.79 Å². The van der Waals surface area contributed by atoms with E-state index in [4.69, 9.17) is 18.6 Å². The third kappa shape index (κ3) is 5.92. The number of aliphatic hydroxyl groups is 3. The van der Waals surface area contributed by atoms with Crippen molar-refractivity contribution in [2.24, 2.45) is 0 Å². The molecule has 1 aliphatic rings. The number of hydrogen-bond acceptors (Lipinski definition) is 12. The molecule has 6 N–H and O–H groups in total. The van der Waals surface area contributed by atoms with Crippen LogP contribution in [0, 0.1) is 0 Å². The lowest BCUT2D eigenvalue weighted by atomic mass is 9.99. The van der Waals surface area contributed by atoms with Crippen LogP contribution in [0.25, 0.3) is 28.4 Å². The van der Waals surface area contributed by atoms with Gasteiger partial charge in [-0.1, -0.05) is 30.3 Å². The highest BCUT2D eigenvalue weighted by atomic mass is 16.7. The minimum Gasteiger partial charge on any atom is -0.508 e. The van der Waals surface area contributed by atoms with E-state index in [0.717, 1.165) is 23.8 Å². The lowest BCUT2D eigenvalue weighted by molar-refractivity contribution is -0.278.